The fourth-order valence-electron chi connectivity index (χ4n) is 7.26. The Kier molecular flexibility index (Phi) is 5.77. The standard InChI is InChI=1S/C27H36N2O3/c1-2-3-4-5-8-11-29-22-10-7-6-9-21(22)24(30)23(26(29)32)25(31)28-27-15-18-12-19(16-27)14-20(13-18)17-27/h6-7,9-10,18-20,30H,2-5,8,11-17H2,1H3,(H,28,31). The molecule has 0 saturated heterocycles. The number of nitrogens with zero attached hydrogens (tertiary/aromatic N) is 1. The highest BCUT2D eigenvalue weighted by Crippen LogP contribution is 2.55. The molecule has 2 aromatic rings. The maximum absolute atomic E-state index is 13.5. The quantitative estimate of drug-likeness (QED) is 0.546. The number of aromatic hydroxyl groups is 1. The van der Waals surface area contributed by atoms with Gasteiger partial charge in [-0.15, -0.1) is 0 Å². The van der Waals surface area contributed by atoms with Crippen LogP contribution in [0.3, 0.4) is 0 Å². The monoisotopic (exact) mass is 436 g/mol. The molecule has 1 aromatic carbocycles. The molecule has 0 aliphatic heterocycles. The Morgan fingerprint density at radius 2 is 1.66 bits per heavy atom. The molecule has 0 radical (unpaired) electrons. The first-order chi connectivity index (χ1) is 15.5. The second-order valence-electron chi connectivity index (χ2n) is 10.8. The van der Waals surface area contributed by atoms with Crippen molar-refractivity contribution in [1.29, 1.82) is 0 Å². The van der Waals surface area contributed by atoms with Crippen LogP contribution in [0, 0.1) is 17.8 Å². The van der Waals surface area contributed by atoms with Crippen LogP contribution in [0.1, 0.15) is 87.9 Å². The molecule has 5 heteroatoms. The summed E-state index contributed by atoms with van der Waals surface area (Å²) in [4.78, 5) is 27.0. The van der Waals surface area contributed by atoms with Gasteiger partial charge in [0.1, 0.15) is 11.3 Å². The molecule has 4 saturated carbocycles. The minimum Gasteiger partial charge on any atom is -0.506 e. The van der Waals surface area contributed by atoms with Gasteiger partial charge in [-0.25, -0.2) is 0 Å². The molecule has 0 atom stereocenters. The number of hydrogen-bond acceptors (Lipinski definition) is 3. The van der Waals surface area contributed by atoms with Crippen molar-refractivity contribution in [2.45, 2.75) is 89.6 Å². The minimum absolute atomic E-state index is 0.0759. The van der Waals surface area contributed by atoms with Gasteiger partial charge in [-0.1, -0.05) is 44.7 Å². The van der Waals surface area contributed by atoms with Crippen LogP contribution in [-0.2, 0) is 6.54 Å². The van der Waals surface area contributed by atoms with E-state index in [0.29, 0.717) is 35.2 Å². The maximum Gasteiger partial charge on any atom is 0.267 e. The Morgan fingerprint density at radius 3 is 2.31 bits per heavy atom. The molecule has 4 aliphatic rings. The van der Waals surface area contributed by atoms with E-state index >= 15 is 0 Å². The number of amides is 1. The number of unbranched alkanes of at least 4 members (excludes halogenated alkanes) is 4. The molecule has 2 N–H and O–H groups in total. The summed E-state index contributed by atoms with van der Waals surface area (Å²) < 4.78 is 1.70. The normalized spacial score (nSPS) is 28.3. The van der Waals surface area contributed by atoms with Crippen molar-refractivity contribution in [2.75, 3.05) is 0 Å². The summed E-state index contributed by atoms with van der Waals surface area (Å²) in [6.45, 7) is 2.76. The second kappa shape index (κ2) is 8.57. The minimum atomic E-state index is -0.389. The number of benzene rings is 1. The zero-order chi connectivity index (χ0) is 22.3. The van der Waals surface area contributed by atoms with Crippen molar-refractivity contribution < 1.29 is 9.90 Å². The van der Waals surface area contributed by atoms with Gasteiger partial charge in [0.15, 0.2) is 0 Å². The predicted octanol–water partition coefficient (Wildman–Crippen LogP) is 5.38. The van der Waals surface area contributed by atoms with Crippen LogP contribution in [0.25, 0.3) is 10.9 Å². The number of aryl methyl sites for hydroxylation is 1. The maximum atomic E-state index is 13.5. The Morgan fingerprint density at radius 1 is 1.03 bits per heavy atom. The molecule has 4 bridgehead atoms. The average Bonchev–Trinajstić information content (AvgIpc) is 2.74. The molecule has 4 fully saturated rings. The molecular formula is C27H36N2O3. The Hall–Kier alpha value is -2.30. The molecule has 1 aromatic heterocycles. The Balaban J connectivity index is 1.45. The van der Waals surface area contributed by atoms with E-state index in [9.17, 15) is 14.7 Å². The van der Waals surface area contributed by atoms with Crippen LogP contribution in [0.15, 0.2) is 29.1 Å². The molecule has 172 valence electrons. The number of fused-ring (bicyclic) bond motifs is 1. The van der Waals surface area contributed by atoms with Crippen LogP contribution in [0.4, 0.5) is 0 Å². The molecule has 5 nitrogen and oxygen atoms in total. The van der Waals surface area contributed by atoms with E-state index in [1.807, 2.05) is 18.2 Å². The van der Waals surface area contributed by atoms with Crippen LogP contribution in [0.2, 0.25) is 0 Å². The van der Waals surface area contributed by atoms with E-state index in [0.717, 1.165) is 38.5 Å². The van der Waals surface area contributed by atoms with Crippen molar-refractivity contribution in [2.24, 2.45) is 17.8 Å². The van der Waals surface area contributed by atoms with Crippen molar-refractivity contribution in [3.63, 3.8) is 0 Å². The number of para-hydroxylation sites is 1. The summed E-state index contributed by atoms with van der Waals surface area (Å²) in [7, 11) is 0. The summed E-state index contributed by atoms with van der Waals surface area (Å²) in [5.74, 6) is 1.54. The predicted molar refractivity (Wildman–Crippen MR) is 127 cm³/mol. The van der Waals surface area contributed by atoms with Crippen LogP contribution in [-0.4, -0.2) is 21.1 Å². The van der Waals surface area contributed by atoms with Gasteiger partial charge in [-0.2, -0.15) is 0 Å². The van der Waals surface area contributed by atoms with Crippen LogP contribution < -0.4 is 10.9 Å². The highest BCUT2D eigenvalue weighted by molar-refractivity contribution is 6.02. The summed E-state index contributed by atoms with van der Waals surface area (Å²) >= 11 is 0. The third-order valence-corrected chi connectivity index (χ3v) is 8.28. The fraction of sp³-hybridized carbons (Fsp3) is 0.630. The Bertz CT molecular complexity index is 1040. The topological polar surface area (TPSA) is 71.3 Å². The van der Waals surface area contributed by atoms with Gasteiger partial charge in [0.05, 0.1) is 5.52 Å². The highest BCUT2D eigenvalue weighted by atomic mass is 16.3. The van der Waals surface area contributed by atoms with Gasteiger partial charge < -0.3 is 15.0 Å². The number of carbonyl (C=O) groups is 1. The summed E-state index contributed by atoms with van der Waals surface area (Å²) in [5.41, 5.74) is 0.0743. The SMILES string of the molecule is CCCCCCCn1c(=O)c(C(=O)NC23CC4CC(CC(C4)C2)C3)c(O)c2ccccc21. The summed E-state index contributed by atoms with van der Waals surface area (Å²) in [6.07, 6.45) is 12.4. The number of nitrogens with one attached hydrogen (secondary N) is 1. The van der Waals surface area contributed by atoms with Crippen LogP contribution >= 0.6 is 0 Å². The lowest BCUT2D eigenvalue weighted by atomic mass is 9.53. The lowest BCUT2D eigenvalue weighted by Gasteiger charge is -2.56. The van der Waals surface area contributed by atoms with E-state index in [1.165, 1.54) is 32.1 Å². The molecule has 6 rings (SSSR count). The fourth-order valence-corrected chi connectivity index (χ4v) is 7.26. The zero-order valence-corrected chi connectivity index (χ0v) is 19.2. The smallest absolute Gasteiger partial charge is 0.267 e. The first-order valence-corrected chi connectivity index (χ1v) is 12.7. The number of aromatic nitrogens is 1. The van der Waals surface area contributed by atoms with Crippen molar-refractivity contribution in [3.8, 4) is 5.75 Å². The summed E-state index contributed by atoms with van der Waals surface area (Å²) in [6, 6.07) is 7.39. The molecule has 0 unspecified atom stereocenters. The Labute approximate surface area is 190 Å². The third-order valence-electron chi connectivity index (χ3n) is 8.28. The van der Waals surface area contributed by atoms with Gasteiger partial charge in [0.2, 0.25) is 0 Å². The number of carbonyl (C=O) groups excluding carboxylic acids is 1. The van der Waals surface area contributed by atoms with Gasteiger partial charge in [0, 0.05) is 17.5 Å². The van der Waals surface area contributed by atoms with E-state index < -0.39 is 0 Å². The van der Waals surface area contributed by atoms with Gasteiger partial charge in [-0.3, -0.25) is 9.59 Å². The van der Waals surface area contributed by atoms with Gasteiger partial charge in [-0.05, 0) is 74.8 Å². The third kappa shape index (κ3) is 3.84. The number of hydrogen-bond donors (Lipinski definition) is 2. The molecule has 0 spiro atoms. The van der Waals surface area contributed by atoms with E-state index in [2.05, 4.69) is 12.2 Å². The van der Waals surface area contributed by atoms with E-state index in [-0.39, 0.29) is 28.3 Å². The number of rotatable bonds is 8. The lowest BCUT2D eigenvalue weighted by molar-refractivity contribution is -0.0167. The average molecular weight is 437 g/mol. The largest absolute Gasteiger partial charge is 0.506 e. The highest BCUT2D eigenvalue weighted by Gasteiger charge is 2.51. The first-order valence-electron chi connectivity index (χ1n) is 12.7. The number of pyridine rings is 1. The zero-order valence-electron chi connectivity index (χ0n) is 19.2. The molecule has 1 amide bonds. The molecule has 1 heterocycles. The van der Waals surface area contributed by atoms with Crippen molar-refractivity contribution in [3.05, 3.63) is 40.2 Å². The molecular weight excluding hydrogens is 400 g/mol. The molecule has 32 heavy (non-hydrogen) atoms. The first kappa shape index (κ1) is 21.5. The van der Waals surface area contributed by atoms with Gasteiger partial charge in [0.25, 0.3) is 11.5 Å². The van der Waals surface area contributed by atoms with E-state index in [4.69, 9.17) is 0 Å². The van der Waals surface area contributed by atoms with Crippen LogP contribution in [0.5, 0.6) is 5.75 Å². The van der Waals surface area contributed by atoms with E-state index in [1.54, 1.807) is 10.6 Å². The summed E-state index contributed by atoms with van der Waals surface area (Å²) in [5, 5.41) is 14.9. The van der Waals surface area contributed by atoms with Crippen molar-refractivity contribution in [1.82, 2.24) is 9.88 Å². The van der Waals surface area contributed by atoms with Crippen molar-refractivity contribution >= 4 is 16.8 Å². The lowest BCUT2D eigenvalue weighted by Crippen LogP contribution is -2.60. The second-order valence-corrected chi connectivity index (χ2v) is 10.8. The molecule has 4 aliphatic carbocycles. The van der Waals surface area contributed by atoms with Gasteiger partial charge >= 0.3 is 0 Å².